The number of nitrogens with zero attached hydrogens (tertiary/aromatic N) is 2. The summed E-state index contributed by atoms with van der Waals surface area (Å²) in [5.74, 6) is -0.0956. The van der Waals surface area contributed by atoms with Gasteiger partial charge in [0.25, 0.3) is 0 Å². The number of ether oxygens (including phenoxy) is 1. The molecule has 0 aromatic heterocycles. The summed E-state index contributed by atoms with van der Waals surface area (Å²) in [5, 5.41) is 2.82. The Labute approximate surface area is 215 Å². The van der Waals surface area contributed by atoms with E-state index in [1.165, 1.54) is 4.90 Å². The van der Waals surface area contributed by atoms with E-state index in [0.717, 1.165) is 28.1 Å². The van der Waals surface area contributed by atoms with Gasteiger partial charge < -0.3 is 15.0 Å². The van der Waals surface area contributed by atoms with Gasteiger partial charge in [0, 0.05) is 13.1 Å². The van der Waals surface area contributed by atoms with Crippen molar-refractivity contribution in [1.82, 2.24) is 10.2 Å². The molecule has 1 N–H and O–H groups in total. The minimum absolute atomic E-state index is 0.0965. The number of hydrogen-bond acceptors (Lipinski definition) is 5. The van der Waals surface area contributed by atoms with Crippen LogP contribution in [-0.2, 0) is 31.6 Å². The van der Waals surface area contributed by atoms with E-state index in [2.05, 4.69) is 26.1 Å². The minimum atomic E-state index is -3.77. The van der Waals surface area contributed by atoms with Crippen LogP contribution in [0.15, 0.2) is 48.5 Å². The molecule has 9 heteroatoms. The highest BCUT2D eigenvalue weighted by atomic mass is 32.2. The summed E-state index contributed by atoms with van der Waals surface area (Å²) in [5.41, 5.74) is 2.14. The molecular formula is C27H39N3O5S. The van der Waals surface area contributed by atoms with Crippen LogP contribution in [0, 0.1) is 0 Å². The van der Waals surface area contributed by atoms with Crippen molar-refractivity contribution in [2.24, 2.45) is 0 Å². The lowest BCUT2D eigenvalue weighted by atomic mass is 9.87. The molecule has 1 atom stereocenters. The van der Waals surface area contributed by atoms with Crippen LogP contribution >= 0.6 is 0 Å². The molecule has 0 aliphatic heterocycles. The second-order valence-corrected chi connectivity index (χ2v) is 11.8. The average Bonchev–Trinajstić information content (AvgIpc) is 2.83. The van der Waals surface area contributed by atoms with Crippen LogP contribution in [0.3, 0.4) is 0 Å². The third kappa shape index (κ3) is 7.98. The number of rotatable bonds is 11. The Balaban J connectivity index is 2.37. The Kier molecular flexibility index (Phi) is 9.93. The molecule has 0 fully saturated rings. The molecule has 0 bridgehead atoms. The summed E-state index contributed by atoms with van der Waals surface area (Å²) in [6.07, 6.45) is 1.83. The van der Waals surface area contributed by atoms with E-state index < -0.39 is 28.5 Å². The molecule has 36 heavy (non-hydrogen) atoms. The van der Waals surface area contributed by atoms with Crippen molar-refractivity contribution in [2.75, 3.05) is 30.8 Å². The minimum Gasteiger partial charge on any atom is -0.497 e. The lowest BCUT2D eigenvalue weighted by molar-refractivity contribution is -0.139. The van der Waals surface area contributed by atoms with E-state index >= 15 is 0 Å². The molecule has 0 aliphatic carbocycles. The van der Waals surface area contributed by atoms with Crippen LogP contribution in [0.1, 0.15) is 52.2 Å². The Morgan fingerprint density at radius 3 is 2.08 bits per heavy atom. The molecule has 0 radical (unpaired) electrons. The normalized spacial score (nSPS) is 12.5. The molecule has 0 saturated carbocycles. The van der Waals surface area contributed by atoms with Crippen molar-refractivity contribution in [3.63, 3.8) is 0 Å². The number of sulfonamides is 1. The standard InChI is InChI=1S/C27H39N3O5S/c1-8-17-28-26(32)20(2)29(18-21-9-15-24(35-6)16-10-21)25(31)19-30(36(7,33)34)23-13-11-22(12-14-23)27(3,4)5/h9-16,20H,8,17-19H2,1-7H3,(H,28,32)/t20-/m0/s1. The largest absolute Gasteiger partial charge is 0.497 e. The fraction of sp³-hybridized carbons (Fsp3) is 0.481. The van der Waals surface area contributed by atoms with E-state index in [1.54, 1.807) is 38.3 Å². The van der Waals surface area contributed by atoms with Gasteiger partial charge in [-0.2, -0.15) is 0 Å². The zero-order chi connectivity index (χ0) is 27.1. The van der Waals surface area contributed by atoms with E-state index in [4.69, 9.17) is 4.74 Å². The van der Waals surface area contributed by atoms with Crippen LogP contribution in [0.4, 0.5) is 5.69 Å². The van der Waals surface area contributed by atoms with Gasteiger partial charge >= 0.3 is 0 Å². The second-order valence-electron chi connectivity index (χ2n) is 9.90. The van der Waals surface area contributed by atoms with Crippen molar-refractivity contribution >= 4 is 27.5 Å². The maximum Gasteiger partial charge on any atom is 0.244 e. The summed E-state index contributed by atoms with van der Waals surface area (Å²) in [7, 11) is -2.20. The fourth-order valence-corrected chi connectivity index (χ4v) is 4.50. The third-order valence-corrected chi connectivity index (χ3v) is 7.07. The molecule has 2 rings (SSSR count). The van der Waals surface area contributed by atoms with Crippen molar-refractivity contribution in [1.29, 1.82) is 0 Å². The second kappa shape index (κ2) is 12.3. The first-order valence-electron chi connectivity index (χ1n) is 12.1. The zero-order valence-corrected chi connectivity index (χ0v) is 23.2. The first kappa shape index (κ1) is 29.2. The number of carbonyl (C=O) groups excluding carboxylic acids is 2. The molecule has 2 aromatic rings. The summed E-state index contributed by atoms with van der Waals surface area (Å²) in [4.78, 5) is 27.7. The molecular weight excluding hydrogens is 478 g/mol. The van der Waals surface area contributed by atoms with Crippen molar-refractivity contribution < 1.29 is 22.7 Å². The molecule has 2 amide bonds. The van der Waals surface area contributed by atoms with Gasteiger partial charge in [0.1, 0.15) is 18.3 Å². The molecule has 0 saturated heterocycles. The van der Waals surface area contributed by atoms with Crippen LogP contribution in [0.2, 0.25) is 0 Å². The quantitative estimate of drug-likeness (QED) is 0.490. The van der Waals surface area contributed by atoms with Crippen molar-refractivity contribution in [3.05, 3.63) is 59.7 Å². The Bertz CT molecular complexity index is 1120. The number of methoxy groups -OCH3 is 1. The number of amides is 2. The van der Waals surface area contributed by atoms with E-state index in [9.17, 15) is 18.0 Å². The lowest BCUT2D eigenvalue weighted by Crippen LogP contribution is -2.51. The highest BCUT2D eigenvalue weighted by Gasteiger charge is 2.30. The average molecular weight is 518 g/mol. The van der Waals surface area contributed by atoms with Gasteiger partial charge in [0.2, 0.25) is 21.8 Å². The molecule has 198 valence electrons. The van der Waals surface area contributed by atoms with Crippen molar-refractivity contribution in [3.8, 4) is 5.75 Å². The van der Waals surface area contributed by atoms with Gasteiger partial charge in [0.15, 0.2) is 0 Å². The number of benzene rings is 2. The summed E-state index contributed by atoms with van der Waals surface area (Å²) >= 11 is 0. The number of carbonyl (C=O) groups is 2. The van der Waals surface area contributed by atoms with Crippen LogP contribution in [-0.4, -0.2) is 57.6 Å². The van der Waals surface area contributed by atoms with E-state index in [1.807, 2.05) is 31.2 Å². The third-order valence-electron chi connectivity index (χ3n) is 5.93. The number of anilines is 1. The summed E-state index contributed by atoms with van der Waals surface area (Å²) < 4.78 is 31.7. The fourth-order valence-electron chi connectivity index (χ4n) is 3.65. The summed E-state index contributed by atoms with van der Waals surface area (Å²) in [6, 6.07) is 13.5. The topological polar surface area (TPSA) is 96.0 Å². The van der Waals surface area contributed by atoms with Crippen LogP contribution in [0.5, 0.6) is 5.75 Å². The van der Waals surface area contributed by atoms with E-state index in [0.29, 0.717) is 18.0 Å². The van der Waals surface area contributed by atoms with Crippen LogP contribution < -0.4 is 14.4 Å². The highest BCUT2D eigenvalue weighted by Crippen LogP contribution is 2.26. The van der Waals surface area contributed by atoms with E-state index in [-0.39, 0.29) is 17.9 Å². The maximum absolute atomic E-state index is 13.6. The molecule has 8 nitrogen and oxygen atoms in total. The van der Waals surface area contributed by atoms with Crippen LogP contribution in [0.25, 0.3) is 0 Å². The SMILES string of the molecule is CCCNC(=O)[C@H](C)N(Cc1ccc(OC)cc1)C(=O)CN(c1ccc(C(C)(C)C)cc1)S(C)(=O)=O. The smallest absolute Gasteiger partial charge is 0.244 e. The molecule has 0 spiro atoms. The van der Waals surface area contributed by atoms with Gasteiger partial charge in [-0.05, 0) is 54.2 Å². The number of hydrogen-bond donors (Lipinski definition) is 1. The molecule has 2 aromatic carbocycles. The first-order valence-corrected chi connectivity index (χ1v) is 13.9. The van der Waals surface area contributed by atoms with Gasteiger partial charge in [-0.25, -0.2) is 8.42 Å². The van der Waals surface area contributed by atoms with Gasteiger partial charge in [-0.1, -0.05) is 52.0 Å². The Hall–Kier alpha value is -3.07. The van der Waals surface area contributed by atoms with Gasteiger partial charge in [-0.3, -0.25) is 13.9 Å². The first-order chi connectivity index (χ1) is 16.8. The Morgan fingerprint density at radius 2 is 1.61 bits per heavy atom. The zero-order valence-electron chi connectivity index (χ0n) is 22.4. The monoisotopic (exact) mass is 517 g/mol. The maximum atomic E-state index is 13.6. The molecule has 0 heterocycles. The van der Waals surface area contributed by atoms with Crippen molar-refractivity contribution in [2.45, 2.75) is 59.0 Å². The predicted octanol–water partition coefficient (Wildman–Crippen LogP) is 3.70. The number of nitrogens with one attached hydrogen (secondary N) is 1. The molecule has 0 unspecified atom stereocenters. The van der Waals surface area contributed by atoms with Gasteiger partial charge in [0.05, 0.1) is 19.1 Å². The Morgan fingerprint density at radius 1 is 1.03 bits per heavy atom. The highest BCUT2D eigenvalue weighted by molar-refractivity contribution is 7.92. The molecule has 0 aliphatic rings. The predicted molar refractivity (Wildman–Crippen MR) is 144 cm³/mol. The summed E-state index contributed by atoms with van der Waals surface area (Å²) in [6.45, 7) is 10.0. The lowest BCUT2D eigenvalue weighted by Gasteiger charge is -2.31. The van der Waals surface area contributed by atoms with Gasteiger partial charge in [-0.15, -0.1) is 0 Å².